The summed E-state index contributed by atoms with van der Waals surface area (Å²) in [6, 6.07) is 13.7. The van der Waals surface area contributed by atoms with Crippen molar-refractivity contribution >= 4 is 132 Å². The number of aromatic nitrogens is 1. The van der Waals surface area contributed by atoms with Gasteiger partial charge in [0.05, 0.1) is 18.5 Å². The van der Waals surface area contributed by atoms with Crippen LogP contribution in [0.2, 0.25) is 0 Å². The lowest BCUT2D eigenvalue weighted by Crippen LogP contribution is -2.64. The summed E-state index contributed by atoms with van der Waals surface area (Å²) in [7, 11) is -3.72. The molecule has 0 spiro atoms. The number of hydrogen-bond acceptors (Lipinski definition) is 22. The summed E-state index contributed by atoms with van der Waals surface area (Å²) in [5, 5.41) is 74.4. The van der Waals surface area contributed by atoms with E-state index in [0.717, 1.165) is 22.1 Å². The molecule has 12 atom stereocenters. The Kier molecular flexibility index (Phi) is 34.3. The molecule has 2 bridgehead atoms. The maximum Gasteiger partial charge on any atom is 0.245 e. The van der Waals surface area contributed by atoms with Gasteiger partial charge in [-0.05, 0) is 133 Å². The highest BCUT2D eigenvalue weighted by Crippen LogP contribution is 2.28. The van der Waals surface area contributed by atoms with Gasteiger partial charge in [-0.25, -0.2) is 8.42 Å². The van der Waals surface area contributed by atoms with Crippen molar-refractivity contribution in [3.8, 4) is 5.75 Å². The zero-order chi connectivity index (χ0) is 84.5. The van der Waals surface area contributed by atoms with Crippen molar-refractivity contribution in [2.75, 3.05) is 29.1 Å². The van der Waals surface area contributed by atoms with E-state index < -0.39 is 178 Å². The number of pyridine rings is 1. The standard InChI is InChI=1S/C79H104N14O18S4/c1-10-14-55-69(101)90-65(45(3)96)75(107)87-61(67(80)99)43-113-41-50-16-13-15-49(35-50)40-112-34-30-63(98)89-66(78(4,5)6)76(108)86-58(36-46-19-23-52(24-20-46)93-115(9,110)111)71(103)84-59(38-48-27-31-81-32-28-48)72(104)91-64(44(2)95)74(106)85-60(39-51-42-114-62-18-12-11-17-54(51)62)73(105)92-79(7,8)77(109)88-56(29-33-94)68(100)83-57(70(102)82-55)37-47-21-25-53(97)26-22-47/h11-13,15-28,31-32,35,42,44-45,55-61,64-66,93-97H,10,14,29-30,33-34,36-41,43H2,1-9H3,(H2,80,99)(H,82,102)(H,83,100)(H,84,103)(H,85,106)(H,86,108)(H,87,107)(H,88,109)(H,89,98)(H,90,101)(H,91,104)(H,92,105)/t44-,45-,55+,56+,57+,58+,59+,60+,61+,64+,65+,66-/m1/s1. The third kappa shape index (κ3) is 28.9. The summed E-state index contributed by atoms with van der Waals surface area (Å²) >= 11 is 4.00. The summed E-state index contributed by atoms with van der Waals surface area (Å²) in [5.74, 6) is -10.4. The first-order chi connectivity index (χ1) is 54.3. The van der Waals surface area contributed by atoms with Gasteiger partial charge in [0.2, 0.25) is 80.9 Å². The van der Waals surface area contributed by atoms with E-state index in [2.05, 4.69) is 68.2 Å². The summed E-state index contributed by atoms with van der Waals surface area (Å²) in [5.41, 5.74) is 6.47. The smallest absolute Gasteiger partial charge is 0.245 e. The largest absolute Gasteiger partial charge is 0.508 e. The Morgan fingerprint density at radius 2 is 1.08 bits per heavy atom. The highest BCUT2D eigenvalue weighted by molar-refractivity contribution is 7.98. The summed E-state index contributed by atoms with van der Waals surface area (Å²) in [4.78, 5) is 178. The fourth-order valence-corrected chi connectivity index (χ4v) is 15.7. The minimum absolute atomic E-state index is 0.0498. The number of nitrogens with zero attached hydrogens (tertiary/aromatic N) is 1. The number of aromatic hydroxyl groups is 1. The third-order valence-electron chi connectivity index (χ3n) is 18.5. The number of anilines is 1. The van der Waals surface area contributed by atoms with E-state index in [0.29, 0.717) is 39.1 Å². The van der Waals surface area contributed by atoms with E-state index in [1.165, 1.54) is 123 Å². The van der Waals surface area contributed by atoms with Gasteiger partial charge in [0.1, 0.15) is 71.7 Å². The molecule has 0 unspecified atom stereocenters. The molecule has 622 valence electrons. The molecule has 0 saturated heterocycles. The minimum Gasteiger partial charge on any atom is -0.508 e. The number of nitrogens with two attached hydrogens (primary N) is 1. The van der Waals surface area contributed by atoms with Crippen LogP contribution in [0.15, 0.2) is 127 Å². The number of fused-ring (bicyclic) bond motifs is 3. The number of hydrogen-bond donors (Lipinski definition) is 17. The van der Waals surface area contributed by atoms with E-state index in [4.69, 9.17) is 5.73 Å². The van der Waals surface area contributed by atoms with Crippen LogP contribution in [-0.2, 0) is 105 Å². The van der Waals surface area contributed by atoms with Crippen molar-refractivity contribution in [1.82, 2.24) is 63.5 Å². The van der Waals surface area contributed by atoms with Crippen LogP contribution < -0.4 is 68.9 Å². The second-order valence-corrected chi connectivity index (χ2v) is 34.6. The quantitative estimate of drug-likeness (QED) is 0.0614. The van der Waals surface area contributed by atoms with Crippen LogP contribution in [0.1, 0.15) is 114 Å². The predicted octanol–water partition coefficient (Wildman–Crippen LogP) is 1.43. The molecule has 0 radical (unpaired) electrons. The molecule has 3 heterocycles. The summed E-state index contributed by atoms with van der Waals surface area (Å²) < 4.78 is 27.5. The molecule has 6 aromatic rings. The number of phenols is 1. The predicted molar refractivity (Wildman–Crippen MR) is 437 cm³/mol. The molecule has 4 aromatic carbocycles. The number of rotatable bonds is 17. The Labute approximate surface area is 680 Å². The van der Waals surface area contributed by atoms with Crippen molar-refractivity contribution in [2.45, 2.75) is 196 Å². The zero-order valence-corrected chi connectivity index (χ0v) is 68.7. The molecule has 0 fully saturated rings. The number of carbonyl (C=O) groups is 12. The van der Waals surface area contributed by atoms with Crippen molar-refractivity contribution < 1.29 is 86.4 Å². The lowest BCUT2D eigenvalue weighted by molar-refractivity contribution is -0.138. The molecule has 36 heteroatoms. The first-order valence-electron chi connectivity index (χ1n) is 37.3. The van der Waals surface area contributed by atoms with Crippen LogP contribution in [0, 0.1) is 5.41 Å². The van der Waals surface area contributed by atoms with Gasteiger partial charge in [0.25, 0.3) is 0 Å². The molecular weight excluding hydrogens is 1560 g/mol. The van der Waals surface area contributed by atoms with Gasteiger partial charge < -0.3 is 84.6 Å². The number of thioether (sulfide) groups is 2. The zero-order valence-electron chi connectivity index (χ0n) is 65.4. The minimum atomic E-state index is -3.72. The van der Waals surface area contributed by atoms with Gasteiger partial charge >= 0.3 is 0 Å². The number of phenolic OH excluding ortho intramolecular Hbond substituents is 1. The van der Waals surface area contributed by atoms with Crippen molar-refractivity contribution in [3.05, 3.63) is 160 Å². The molecule has 0 saturated carbocycles. The Hall–Kier alpha value is -10.2. The van der Waals surface area contributed by atoms with Crippen LogP contribution in [0.5, 0.6) is 5.75 Å². The molecule has 115 heavy (non-hydrogen) atoms. The number of nitrogens with one attached hydrogen (secondary N) is 12. The maximum atomic E-state index is 15.1. The molecule has 12 amide bonds. The molecule has 0 aliphatic carbocycles. The summed E-state index contributed by atoms with van der Waals surface area (Å²) in [6.07, 6.45) is -0.879. The maximum absolute atomic E-state index is 15.1. The average Bonchev–Trinajstić information content (AvgIpc) is 1.45. The van der Waals surface area contributed by atoms with Crippen molar-refractivity contribution in [3.63, 3.8) is 0 Å². The molecule has 1 aliphatic heterocycles. The first-order valence-corrected chi connectivity index (χ1v) is 42.4. The number of carbonyl (C=O) groups excluding carboxylic acids is 12. The second kappa shape index (κ2) is 42.9. The Balaban J connectivity index is 1.25. The fourth-order valence-electron chi connectivity index (χ4n) is 12.3. The number of aliphatic hydroxyl groups excluding tert-OH is 3. The monoisotopic (exact) mass is 1660 g/mol. The van der Waals surface area contributed by atoms with Crippen molar-refractivity contribution in [1.29, 1.82) is 0 Å². The van der Waals surface area contributed by atoms with Gasteiger partial charge in [-0.1, -0.05) is 101 Å². The number of primary amides is 1. The molecule has 2 aromatic heterocycles. The van der Waals surface area contributed by atoms with Gasteiger partial charge in [0, 0.05) is 84.5 Å². The molecule has 18 N–H and O–H groups in total. The van der Waals surface area contributed by atoms with Gasteiger partial charge in [0.15, 0.2) is 0 Å². The number of aliphatic hydroxyl groups is 3. The van der Waals surface area contributed by atoms with E-state index in [9.17, 15) is 72.0 Å². The van der Waals surface area contributed by atoms with Gasteiger partial charge in [-0.3, -0.25) is 67.2 Å². The van der Waals surface area contributed by atoms with Crippen LogP contribution >= 0.6 is 34.9 Å². The van der Waals surface area contributed by atoms with Gasteiger partial charge in [-0.2, -0.15) is 23.5 Å². The molecule has 7 rings (SSSR count). The lowest BCUT2D eigenvalue weighted by atomic mass is 9.85. The number of amides is 12. The van der Waals surface area contributed by atoms with Crippen LogP contribution in [0.25, 0.3) is 10.1 Å². The number of thiophene rings is 1. The van der Waals surface area contributed by atoms with Gasteiger partial charge in [-0.15, -0.1) is 11.3 Å². The van der Waals surface area contributed by atoms with Crippen LogP contribution in [-0.4, -0.2) is 207 Å². The van der Waals surface area contributed by atoms with E-state index >= 15 is 14.4 Å². The third-order valence-corrected chi connectivity index (χ3v) is 22.3. The Morgan fingerprint density at radius 1 is 0.591 bits per heavy atom. The Morgan fingerprint density at radius 3 is 1.63 bits per heavy atom. The SMILES string of the molecule is CCC[C@@H]1NC(=O)[C@H](Cc2ccc(O)cc2)NC(=O)[C@H](CCO)NC(=O)C(C)(C)NC(=O)[C@H](Cc2csc3ccccc23)NC(=O)[C@H]([C@@H](C)O)NC(=O)[C@H](Cc2ccncc2)NC(=O)[C@H](Cc2ccc(NS(C)(=O)=O)cc2)NC(=O)[C@H](C(C)(C)C)NC(=O)CCSCc2cccc(c2)CSC[C@@H](C(N)=O)NC(=O)[C@H]([C@@H](C)O)NC1=O. The molecule has 1 aliphatic rings. The van der Waals surface area contributed by atoms with Crippen LogP contribution in [0.3, 0.4) is 0 Å². The van der Waals surface area contributed by atoms with Crippen molar-refractivity contribution in [2.24, 2.45) is 11.1 Å². The Bertz CT molecular complexity index is 4510. The number of benzene rings is 4. The normalized spacial score (nSPS) is 23.3. The topological polar surface area (TPSA) is 503 Å². The summed E-state index contributed by atoms with van der Waals surface area (Å²) in [6.45, 7) is 11.1. The highest BCUT2D eigenvalue weighted by Gasteiger charge is 2.41. The fraction of sp³-hybridized carbons (Fsp3) is 0.456. The molecule has 32 nitrogen and oxygen atoms in total. The lowest BCUT2D eigenvalue weighted by Gasteiger charge is -2.32. The second-order valence-electron chi connectivity index (χ2n) is 29.8. The molecular formula is C79H104N14O18S4. The highest BCUT2D eigenvalue weighted by atomic mass is 32.2. The van der Waals surface area contributed by atoms with E-state index in [1.54, 1.807) is 63.4 Å². The van der Waals surface area contributed by atoms with E-state index in [1.807, 2.05) is 30.3 Å². The first kappa shape index (κ1) is 91.9. The van der Waals surface area contributed by atoms with E-state index in [-0.39, 0.29) is 67.9 Å². The van der Waals surface area contributed by atoms with Crippen LogP contribution in [0.4, 0.5) is 5.69 Å². The number of sulfonamides is 1. The average molecular weight is 1670 g/mol.